The molecule has 7 heteroatoms. The van der Waals surface area contributed by atoms with E-state index in [9.17, 15) is 13.6 Å². The fourth-order valence-electron chi connectivity index (χ4n) is 2.55. The van der Waals surface area contributed by atoms with Gasteiger partial charge in [0.05, 0.1) is 0 Å². The van der Waals surface area contributed by atoms with Crippen LogP contribution < -0.4 is 10.6 Å². The number of para-hydroxylation sites is 1. The Bertz CT molecular complexity index is 928. The third-order valence-electron chi connectivity index (χ3n) is 3.83. The molecule has 0 aliphatic carbocycles. The van der Waals surface area contributed by atoms with E-state index in [1.165, 1.54) is 12.1 Å². The van der Waals surface area contributed by atoms with Gasteiger partial charge in [-0.25, -0.2) is 18.7 Å². The van der Waals surface area contributed by atoms with Crippen LogP contribution in [-0.2, 0) is 6.42 Å². The average Bonchev–Trinajstić information content (AvgIpc) is 2.65. The Kier molecular flexibility index (Phi) is 5.71. The summed E-state index contributed by atoms with van der Waals surface area (Å²) in [5.74, 6) is -1.43. The zero-order valence-corrected chi connectivity index (χ0v) is 14.7. The SMILES string of the molecule is Cc1nc(Nc2c(F)cccc2F)cc(C(=O)NCCc2ccccc2)n1. The summed E-state index contributed by atoms with van der Waals surface area (Å²) in [5, 5.41) is 5.36. The number of anilines is 2. The standard InChI is InChI=1S/C20H18F2N4O/c1-13-24-17(20(27)23-11-10-14-6-3-2-4-7-14)12-18(25-13)26-19-15(21)8-5-9-16(19)22/h2-9,12H,10-11H2,1H3,(H,23,27)(H,24,25,26). The van der Waals surface area contributed by atoms with E-state index >= 15 is 0 Å². The Labute approximate surface area is 155 Å². The first kappa shape index (κ1) is 18.4. The molecule has 2 aromatic carbocycles. The first-order valence-electron chi connectivity index (χ1n) is 8.42. The molecule has 1 amide bonds. The monoisotopic (exact) mass is 368 g/mol. The number of nitrogens with zero attached hydrogens (tertiary/aromatic N) is 2. The summed E-state index contributed by atoms with van der Waals surface area (Å²) in [4.78, 5) is 20.5. The van der Waals surface area contributed by atoms with Crippen molar-refractivity contribution in [1.82, 2.24) is 15.3 Å². The maximum Gasteiger partial charge on any atom is 0.270 e. The van der Waals surface area contributed by atoms with Crippen LogP contribution in [0.1, 0.15) is 21.9 Å². The first-order valence-corrected chi connectivity index (χ1v) is 8.42. The summed E-state index contributed by atoms with van der Waals surface area (Å²) in [6.45, 7) is 2.04. The minimum absolute atomic E-state index is 0.120. The largest absolute Gasteiger partial charge is 0.350 e. The van der Waals surface area contributed by atoms with Gasteiger partial charge in [0.1, 0.15) is 34.7 Å². The number of nitrogens with one attached hydrogen (secondary N) is 2. The maximum absolute atomic E-state index is 13.8. The van der Waals surface area contributed by atoms with Gasteiger partial charge in [-0.15, -0.1) is 0 Å². The molecule has 0 radical (unpaired) electrons. The zero-order valence-electron chi connectivity index (χ0n) is 14.7. The molecule has 5 nitrogen and oxygen atoms in total. The molecule has 0 fully saturated rings. The minimum Gasteiger partial charge on any atom is -0.350 e. The van der Waals surface area contributed by atoms with Gasteiger partial charge in [-0.3, -0.25) is 4.79 Å². The van der Waals surface area contributed by atoms with E-state index in [4.69, 9.17) is 0 Å². The molecule has 0 unspecified atom stereocenters. The van der Waals surface area contributed by atoms with Crippen LogP contribution >= 0.6 is 0 Å². The van der Waals surface area contributed by atoms with Crippen LogP contribution in [-0.4, -0.2) is 22.4 Å². The van der Waals surface area contributed by atoms with E-state index in [-0.39, 0.29) is 23.1 Å². The molecule has 138 valence electrons. The lowest BCUT2D eigenvalue weighted by molar-refractivity contribution is 0.0949. The molecular formula is C20H18F2N4O. The van der Waals surface area contributed by atoms with Crippen LogP contribution in [0.2, 0.25) is 0 Å². The van der Waals surface area contributed by atoms with Gasteiger partial charge in [0.25, 0.3) is 5.91 Å². The Morgan fingerprint density at radius 1 is 1.00 bits per heavy atom. The summed E-state index contributed by atoms with van der Waals surface area (Å²) in [5.41, 5.74) is 0.898. The second-order valence-corrected chi connectivity index (χ2v) is 5.90. The topological polar surface area (TPSA) is 66.9 Å². The molecule has 2 N–H and O–H groups in total. The van der Waals surface area contributed by atoms with E-state index in [1.807, 2.05) is 30.3 Å². The van der Waals surface area contributed by atoms with E-state index in [1.54, 1.807) is 6.92 Å². The molecule has 27 heavy (non-hydrogen) atoms. The van der Waals surface area contributed by atoms with Crippen LogP contribution in [0.5, 0.6) is 0 Å². The van der Waals surface area contributed by atoms with Crippen LogP contribution in [0.3, 0.4) is 0 Å². The van der Waals surface area contributed by atoms with Gasteiger partial charge in [0.15, 0.2) is 0 Å². The van der Waals surface area contributed by atoms with Crippen molar-refractivity contribution in [3.8, 4) is 0 Å². The lowest BCUT2D eigenvalue weighted by Gasteiger charge is -2.10. The number of hydrogen-bond acceptors (Lipinski definition) is 4. The molecule has 0 saturated carbocycles. The quantitative estimate of drug-likeness (QED) is 0.695. The van der Waals surface area contributed by atoms with Crippen molar-refractivity contribution < 1.29 is 13.6 Å². The fourth-order valence-corrected chi connectivity index (χ4v) is 2.55. The van der Waals surface area contributed by atoms with E-state index in [2.05, 4.69) is 20.6 Å². The zero-order chi connectivity index (χ0) is 19.2. The third kappa shape index (κ3) is 4.84. The molecule has 0 bridgehead atoms. The molecule has 0 aliphatic rings. The average molecular weight is 368 g/mol. The van der Waals surface area contributed by atoms with Gasteiger partial charge in [-0.2, -0.15) is 0 Å². The van der Waals surface area contributed by atoms with E-state index in [0.29, 0.717) is 18.8 Å². The van der Waals surface area contributed by atoms with Crippen molar-refractivity contribution in [2.75, 3.05) is 11.9 Å². The third-order valence-corrected chi connectivity index (χ3v) is 3.83. The number of aryl methyl sites for hydroxylation is 1. The molecule has 0 atom stereocenters. The Morgan fingerprint density at radius 2 is 1.70 bits per heavy atom. The van der Waals surface area contributed by atoms with Gasteiger partial charge in [0.2, 0.25) is 0 Å². The minimum atomic E-state index is -0.750. The lowest BCUT2D eigenvalue weighted by Crippen LogP contribution is -2.27. The number of carbonyl (C=O) groups is 1. The van der Waals surface area contributed by atoms with Crippen molar-refractivity contribution >= 4 is 17.4 Å². The highest BCUT2D eigenvalue weighted by Gasteiger charge is 2.13. The second kappa shape index (κ2) is 8.35. The molecule has 0 saturated heterocycles. The van der Waals surface area contributed by atoms with Crippen molar-refractivity contribution in [2.45, 2.75) is 13.3 Å². The molecule has 3 aromatic rings. The number of hydrogen-bond donors (Lipinski definition) is 2. The van der Waals surface area contributed by atoms with Crippen LogP contribution in [0.25, 0.3) is 0 Å². The Hall–Kier alpha value is -3.35. The summed E-state index contributed by atoms with van der Waals surface area (Å²) < 4.78 is 27.6. The van der Waals surface area contributed by atoms with Gasteiger partial charge in [0, 0.05) is 12.6 Å². The van der Waals surface area contributed by atoms with E-state index in [0.717, 1.165) is 17.7 Å². The van der Waals surface area contributed by atoms with Crippen molar-refractivity contribution in [3.63, 3.8) is 0 Å². The number of benzene rings is 2. The number of carbonyl (C=O) groups excluding carboxylic acids is 1. The van der Waals surface area contributed by atoms with Crippen LogP contribution in [0.4, 0.5) is 20.3 Å². The van der Waals surface area contributed by atoms with Crippen LogP contribution in [0, 0.1) is 18.6 Å². The van der Waals surface area contributed by atoms with Crippen molar-refractivity contribution in [2.24, 2.45) is 0 Å². The van der Waals surface area contributed by atoms with Crippen molar-refractivity contribution in [3.05, 3.63) is 83.3 Å². The van der Waals surface area contributed by atoms with Crippen LogP contribution in [0.15, 0.2) is 54.6 Å². The predicted molar refractivity (Wildman–Crippen MR) is 98.9 cm³/mol. The number of halogens is 2. The maximum atomic E-state index is 13.8. The number of aromatic nitrogens is 2. The number of rotatable bonds is 6. The highest BCUT2D eigenvalue weighted by Crippen LogP contribution is 2.22. The Balaban J connectivity index is 1.70. The fraction of sp³-hybridized carbons (Fsp3) is 0.150. The summed E-state index contributed by atoms with van der Waals surface area (Å²) >= 11 is 0. The van der Waals surface area contributed by atoms with Gasteiger partial charge < -0.3 is 10.6 Å². The molecule has 0 aliphatic heterocycles. The molecule has 3 rings (SSSR count). The van der Waals surface area contributed by atoms with Gasteiger partial charge in [-0.1, -0.05) is 36.4 Å². The smallest absolute Gasteiger partial charge is 0.270 e. The second-order valence-electron chi connectivity index (χ2n) is 5.90. The normalized spacial score (nSPS) is 10.5. The highest BCUT2D eigenvalue weighted by molar-refractivity contribution is 5.93. The summed E-state index contributed by atoms with van der Waals surface area (Å²) in [6, 6.07) is 14.7. The van der Waals surface area contributed by atoms with E-state index < -0.39 is 11.6 Å². The summed E-state index contributed by atoms with van der Waals surface area (Å²) in [6.07, 6.45) is 0.683. The lowest BCUT2D eigenvalue weighted by atomic mass is 10.1. The molecular weight excluding hydrogens is 350 g/mol. The molecule has 1 aromatic heterocycles. The van der Waals surface area contributed by atoms with Gasteiger partial charge in [-0.05, 0) is 31.0 Å². The van der Waals surface area contributed by atoms with Crippen molar-refractivity contribution in [1.29, 1.82) is 0 Å². The first-order chi connectivity index (χ1) is 13.0. The Morgan fingerprint density at radius 3 is 2.41 bits per heavy atom. The predicted octanol–water partition coefficient (Wildman–Crippen LogP) is 3.78. The highest BCUT2D eigenvalue weighted by atomic mass is 19.1. The van der Waals surface area contributed by atoms with Gasteiger partial charge >= 0.3 is 0 Å². The molecule has 0 spiro atoms. The number of amides is 1. The molecule has 1 heterocycles. The summed E-state index contributed by atoms with van der Waals surface area (Å²) in [7, 11) is 0.